The number of hydrogen-bond acceptors (Lipinski definition) is 6. The van der Waals surface area contributed by atoms with Gasteiger partial charge in [0.2, 0.25) is 5.91 Å². The van der Waals surface area contributed by atoms with Gasteiger partial charge >= 0.3 is 5.97 Å². The maximum atomic E-state index is 14.3. The van der Waals surface area contributed by atoms with Gasteiger partial charge in [0, 0.05) is 30.2 Å². The van der Waals surface area contributed by atoms with Crippen molar-refractivity contribution in [1.82, 2.24) is 9.80 Å². The molecular formula is C30H38ClFN2O5. The molecule has 9 heteroatoms. The number of halogens is 2. The second-order valence-corrected chi connectivity index (χ2v) is 11.2. The molecule has 0 saturated carbocycles. The van der Waals surface area contributed by atoms with E-state index in [1.54, 1.807) is 11.0 Å². The zero-order valence-electron chi connectivity index (χ0n) is 22.2. The fourth-order valence-electron chi connectivity index (χ4n) is 5.53. The molecule has 2 aromatic carbocycles. The molecule has 0 radical (unpaired) electrons. The predicted octanol–water partition coefficient (Wildman–Crippen LogP) is 3.97. The number of aliphatic hydroxyl groups excluding tert-OH is 2. The van der Waals surface area contributed by atoms with Crippen LogP contribution < -0.4 is 0 Å². The Labute approximate surface area is 234 Å². The van der Waals surface area contributed by atoms with Gasteiger partial charge in [0.25, 0.3) is 0 Å². The standard InChI is InChI=1S/C30H38ClFN2O5/c31-24-9-6-10-25(32)23(24)19-28(37)34-15-5-4-12-30(29(38)39-21-27(36)26(35)11-16-34)13-17-33(18-14-30)20-22-7-2-1-3-8-22/h1-3,6-10,26-27,35-36H,4-5,11-21H2/t26-,27+/m0/s1. The molecule has 1 spiro atoms. The van der Waals surface area contributed by atoms with Crippen LogP contribution in [0.4, 0.5) is 4.39 Å². The zero-order valence-corrected chi connectivity index (χ0v) is 23.0. The highest BCUT2D eigenvalue weighted by Crippen LogP contribution is 2.39. The molecule has 2 aliphatic heterocycles. The van der Waals surface area contributed by atoms with E-state index < -0.39 is 23.4 Å². The lowest BCUT2D eigenvalue weighted by atomic mass is 9.74. The number of piperidine rings is 1. The van der Waals surface area contributed by atoms with Gasteiger partial charge in [-0.25, -0.2) is 4.39 Å². The predicted molar refractivity (Wildman–Crippen MR) is 147 cm³/mol. The summed E-state index contributed by atoms with van der Waals surface area (Å²) in [5, 5.41) is 21.2. The van der Waals surface area contributed by atoms with Crippen LogP contribution in [-0.2, 0) is 27.3 Å². The summed E-state index contributed by atoms with van der Waals surface area (Å²) in [6.07, 6.45) is 0.753. The summed E-state index contributed by atoms with van der Waals surface area (Å²) >= 11 is 6.14. The lowest BCUT2D eigenvalue weighted by molar-refractivity contribution is -0.165. The molecule has 0 aliphatic carbocycles. The maximum absolute atomic E-state index is 14.3. The number of cyclic esters (lactones) is 1. The number of amides is 1. The Morgan fingerprint density at radius 3 is 2.44 bits per heavy atom. The Morgan fingerprint density at radius 2 is 1.72 bits per heavy atom. The second-order valence-electron chi connectivity index (χ2n) is 10.8. The fourth-order valence-corrected chi connectivity index (χ4v) is 5.76. The average molecular weight is 561 g/mol. The molecule has 2 aliphatic rings. The molecule has 212 valence electrons. The Balaban J connectivity index is 1.42. The van der Waals surface area contributed by atoms with E-state index in [-0.39, 0.29) is 48.5 Å². The van der Waals surface area contributed by atoms with E-state index in [2.05, 4.69) is 17.0 Å². The van der Waals surface area contributed by atoms with Crippen molar-refractivity contribution in [3.05, 3.63) is 70.5 Å². The number of nitrogens with zero attached hydrogens (tertiary/aromatic N) is 2. The molecule has 1 amide bonds. The van der Waals surface area contributed by atoms with Crippen LogP contribution >= 0.6 is 11.6 Å². The molecule has 7 nitrogen and oxygen atoms in total. The summed E-state index contributed by atoms with van der Waals surface area (Å²) in [6, 6.07) is 14.5. The van der Waals surface area contributed by atoms with Crippen molar-refractivity contribution >= 4 is 23.5 Å². The summed E-state index contributed by atoms with van der Waals surface area (Å²) in [4.78, 5) is 30.4. The molecule has 2 saturated heterocycles. The van der Waals surface area contributed by atoms with Gasteiger partial charge in [0.1, 0.15) is 18.5 Å². The normalized spacial score (nSPS) is 23.4. The monoisotopic (exact) mass is 560 g/mol. The number of carbonyl (C=O) groups excluding carboxylic acids is 2. The van der Waals surface area contributed by atoms with Crippen molar-refractivity contribution in [3.8, 4) is 0 Å². The molecule has 2 atom stereocenters. The number of ether oxygens (including phenoxy) is 1. The van der Waals surface area contributed by atoms with Gasteiger partial charge in [0.05, 0.1) is 17.9 Å². The van der Waals surface area contributed by atoms with Crippen molar-refractivity contribution < 1.29 is 28.9 Å². The van der Waals surface area contributed by atoms with Crippen LogP contribution in [0, 0.1) is 11.2 Å². The molecule has 0 unspecified atom stereocenters. The van der Waals surface area contributed by atoms with Gasteiger partial charge in [-0.2, -0.15) is 0 Å². The lowest BCUT2D eigenvalue weighted by Gasteiger charge is -2.40. The summed E-state index contributed by atoms with van der Waals surface area (Å²) in [5.41, 5.74) is 0.707. The largest absolute Gasteiger partial charge is 0.462 e. The molecule has 2 heterocycles. The van der Waals surface area contributed by atoms with Crippen molar-refractivity contribution in [2.75, 3.05) is 32.8 Å². The summed E-state index contributed by atoms with van der Waals surface area (Å²) < 4.78 is 19.9. The van der Waals surface area contributed by atoms with E-state index in [9.17, 15) is 24.2 Å². The molecule has 39 heavy (non-hydrogen) atoms. The van der Waals surface area contributed by atoms with Crippen molar-refractivity contribution in [2.45, 2.75) is 63.7 Å². The summed E-state index contributed by atoms with van der Waals surface area (Å²) in [7, 11) is 0. The first-order valence-corrected chi connectivity index (χ1v) is 14.2. The number of carbonyl (C=O) groups is 2. The first-order chi connectivity index (χ1) is 18.8. The molecule has 2 aromatic rings. The highest BCUT2D eigenvalue weighted by atomic mass is 35.5. The zero-order chi connectivity index (χ0) is 27.8. The third-order valence-electron chi connectivity index (χ3n) is 8.10. The maximum Gasteiger partial charge on any atom is 0.312 e. The first-order valence-electron chi connectivity index (χ1n) is 13.8. The van der Waals surface area contributed by atoms with Crippen molar-refractivity contribution in [2.24, 2.45) is 5.41 Å². The number of aliphatic hydroxyl groups is 2. The minimum absolute atomic E-state index is 0.106. The minimum Gasteiger partial charge on any atom is -0.462 e. The molecule has 0 bridgehead atoms. The van der Waals surface area contributed by atoms with Crippen molar-refractivity contribution in [3.63, 3.8) is 0 Å². The molecule has 0 aromatic heterocycles. The molecule has 2 fully saturated rings. The number of likely N-dealkylation sites (tertiary alicyclic amines) is 1. The van der Waals surface area contributed by atoms with Crippen LogP contribution in [0.1, 0.15) is 49.7 Å². The van der Waals surface area contributed by atoms with Crippen molar-refractivity contribution in [1.29, 1.82) is 0 Å². The lowest BCUT2D eigenvalue weighted by Crippen LogP contribution is -2.45. The van der Waals surface area contributed by atoms with Gasteiger partial charge in [-0.15, -0.1) is 0 Å². The third kappa shape index (κ3) is 7.78. The molecular weight excluding hydrogens is 523 g/mol. The van der Waals surface area contributed by atoms with E-state index in [1.807, 2.05) is 18.2 Å². The van der Waals surface area contributed by atoms with Crippen LogP contribution in [-0.4, -0.2) is 76.9 Å². The van der Waals surface area contributed by atoms with Gasteiger partial charge < -0.3 is 19.8 Å². The fraction of sp³-hybridized carbons (Fsp3) is 0.533. The highest BCUT2D eigenvalue weighted by Gasteiger charge is 2.42. The number of benzene rings is 2. The van der Waals surface area contributed by atoms with Crippen LogP contribution in [0.25, 0.3) is 0 Å². The topological polar surface area (TPSA) is 90.3 Å². The van der Waals surface area contributed by atoms with Crippen LogP contribution in [0.15, 0.2) is 48.5 Å². The Hall–Kier alpha value is -2.52. The van der Waals surface area contributed by atoms with E-state index >= 15 is 0 Å². The van der Waals surface area contributed by atoms with Gasteiger partial charge in [-0.05, 0) is 62.9 Å². The Kier molecular flexibility index (Phi) is 10.4. The smallest absolute Gasteiger partial charge is 0.312 e. The minimum atomic E-state index is -1.26. The number of hydrogen-bond donors (Lipinski definition) is 2. The highest BCUT2D eigenvalue weighted by molar-refractivity contribution is 6.31. The summed E-state index contributed by atoms with van der Waals surface area (Å²) in [6.45, 7) is 2.62. The second kappa shape index (κ2) is 13.7. The average Bonchev–Trinajstić information content (AvgIpc) is 2.94. The van der Waals surface area contributed by atoms with Crippen LogP contribution in [0.2, 0.25) is 5.02 Å². The van der Waals surface area contributed by atoms with E-state index in [0.29, 0.717) is 38.6 Å². The van der Waals surface area contributed by atoms with E-state index in [4.69, 9.17) is 16.3 Å². The van der Waals surface area contributed by atoms with E-state index in [1.165, 1.54) is 17.7 Å². The van der Waals surface area contributed by atoms with Gasteiger partial charge in [-0.3, -0.25) is 14.5 Å². The summed E-state index contributed by atoms with van der Waals surface area (Å²) in [5.74, 6) is -1.15. The Bertz CT molecular complexity index is 1090. The molecule has 2 N–H and O–H groups in total. The van der Waals surface area contributed by atoms with Gasteiger partial charge in [-0.1, -0.05) is 54.4 Å². The van der Waals surface area contributed by atoms with Crippen LogP contribution in [0.3, 0.4) is 0 Å². The number of rotatable bonds is 4. The third-order valence-corrected chi connectivity index (χ3v) is 8.45. The SMILES string of the molecule is O=C(Cc1c(F)cccc1Cl)N1CCCCC2(CCN(Cc3ccccc3)CC2)C(=O)OC[C@@H](O)[C@@H](O)CC1. The number of esters is 1. The molecule has 4 rings (SSSR count). The van der Waals surface area contributed by atoms with Crippen LogP contribution in [0.5, 0.6) is 0 Å². The van der Waals surface area contributed by atoms with Gasteiger partial charge in [0.15, 0.2) is 0 Å². The van der Waals surface area contributed by atoms with E-state index in [0.717, 1.165) is 19.6 Å². The first kappa shape index (κ1) is 29.5. The quantitative estimate of drug-likeness (QED) is 0.550. The Morgan fingerprint density at radius 1 is 0.974 bits per heavy atom.